The summed E-state index contributed by atoms with van der Waals surface area (Å²) in [7, 11) is 1.51. The highest BCUT2D eigenvalue weighted by Crippen LogP contribution is 2.29. The van der Waals surface area contributed by atoms with Crippen molar-refractivity contribution in [3.8, 4) is 5.75 Å². The van der Waals surface area contributed by atoms with E-state index in [0.717, 1.165) is 5.69 Å². The Balaban J connectivity index is 2.18. The Morgan fingerprint density at radius 1 is 1.56 bits per heavy atom. The zero-order valence-electron chi connectivity index (χ0n) is 9.49. The average Bonchev–Trinajstić information content (AvgIpc) is 2.89. The van der Waals surface area contributed by atoms with E-state index in [1.54, 1.807) is 11.4 Å². The van der Waals surface area contributed by atoms with Crippen molar-refractivity contribution in [2.75, 3.05) is 12.4 Å². The van der Waals surface area contributed by atoms with Gasteiger partial charge in [-0.3, -0.25) is 10.1 Å². The van der Waals surface area contributed by atoms with E-state index in [0.29, 0.717) is 18.0 Å². The first kappa shape index (κ1) is 12.2. The molecule has 1 aromatic heterocycles. The maximum Gasteiger partial charge on any atom is 0.271 e. The van der Waals surface area contributed by atoms with Crippen LogP contribution in [-0.2, 0) is 6.54 Å². The minimum Gasteiger partial charge on any atom is -0.495 e. The third-order valence-electron chi connectivity index (χ3n) is 2.26. The number of methoxy groups -OCH3 is 1. The lowest BCUT2D eigenvalue weighted by molar-refractivity contribution is -0.384. The number of hydrogen-bond acceptors (Lipinski definition) is 7. The minimum absolute atomic E-state index is 0.00898. The van der Waals surface area contributed by atoms with Gasteiger partial charge < -0.3 is 10.1 Å². The summed E-state index contributed by atoms with van der Waals surface area (Å²) in [5, 5.41) is 19.4. The lowest BCUT2D eigenvalue weighted by atomic mass is 10.2. The van der Waals surface area contributed by atoms with Gasteiger partial charge in [-0.15, -0.1) is 5.10 Å². The van der Waals surface area contributed by atoms with Crippen LogP contribution in [0.3, 0.4) is 0 Å². The number of rotatable bonds is 5. The molecule has 0 spiro atoms. The summed E-state index contributed by atoms with van der Waals surface area (Å²) in [5.74, 6) is 0.545. The van der Waals surface area contributed by atoms with E-state index in [2.05, 4.69) is 14.9 Å². The lowest BCUT2D eigenvalue weighted by Crippen LogP contribution is -2.02. The van der Waals surface area contributed by atoms with Crippen molar-refractivity contribution in [3.05, 3.63) is 39.4 Å². The molecule has 8 heteroatoms. The van der Waals surface area contributed by atoms with Crippen molar-refractivity contribution in [1.82, 2.24) is 9.59 Å². The second-order valence-electron chi connectivity index (χ2n) is 3.39. The lowest BCUT2D eigenvalue weighted by Gasteiger charge is -2.09. The number of nitrogens with zero attached hydrogens (tertiary/aromatic N) is 3. The van der Waals surface area contributed by atoms with Crippen LogP contribution in [0.5, 0.6) is 5.75 Å². The monoisotopic (exact) mass is 266 g/mol. The number of non-ortho nitro benzene ring substituents is 1. The van der Waals surface area contributed by atoms with Crippen molar-refractivity contribution < 1.29 is 9.66 Å². The van der Waals surface area contributed by atoms with Gasteiger partial charge in [-0.05, 0) is 17.6 Å². The predicted molar refractivity (Wildman–Crippen MR) is 66.9 cm³/mol. The summed E-state index contributed by atoms with van der Waals surface area (Å²) in [6.07, 6.45) is 0. The fraction of sp³-hybridized carbons (Fsp3) is 0.200. The number of ether oxygens (including phenoxy) is 1. The maximum absolute atomic E-state index is 10.7. The van der Waals surface area contributed by atoms with E-state index in [4.69, 9.17) is 4.74 Å². The maximum atomic E-state index is 10.7. The second kappa shape index (κ2) is 5.41. The molecule has 1 aromatic carbocycles. The number of aromatic nitrogens is 2. The summed E-state index contributed by atoms with van der Waals surface area (Å²) in [5.41, 5.74) is 1.34. The van der Waals surface area contributed by atoms with Crippen LogP contribution < -0.4 is 10.1 Å². The predicted octanol–water partition coefficient (Wildman–Crippen LogP) is 2.07. The van der Waals surface area contributed by atoms with Crippen LogP contribution >= 0.6 is 11.5 Å². The van der Waals surface area contributed by atoms with Gasteiger partial charge in [-0.2, -0.15) is 0 Å². The summed E-state index contributed by atoms with van der Waals surface area (Å²) in [6, 6.07) is 4.38. The van der Waals surface area contributed by atoms with E-state index in [-0.39, 0.29) is 5.69 Å². The largest absolute Gasteiger partial charge is 0.495 e. The Morgan fingerprint density at radius 3 is 3.00 bits per heavy atom. The summed E-state index contributed by atoms with van der Waals surface area (Å²) < 4.78 is 8.87. The van der Waals surface area contributed by atoms with Crippen LogP contribution in [0.15, 0.2) is 23.6 Å². The number of anilines is 1. The van der Waals surface area contributed by atoms with Crippen LogP contribution in [0.4, 0.5) is 11.4 Å². The quantitative estimate of drug-likeness (QED) is 0.658. The van der Waals surface area contributed by atoms with Crippen molar-refractivity contribution in [2.24, 2.45) is 0 Å². The van der Waals surface area contributed by atoms with Crippen LogP contribution in [-0.4, -0.2) is 21.6 Å². The summed E-state index contributed by atoms with van der Waals surface area (Å²) in [6.45, 7) is 0.439. The molecule has 1 N–H and O–H groups in total. The highest BCUT2D eigenvalue weighted by Gasteiger charge is 2.11. The molecular formula is C10H10N4O3S. The van der Waals surface area contributed by atoms with Gasteiger partial charge in [0.25, 0.3) is 5.69 Å². The van der Waals surface area contributed by atoms with Gasteiger partial charge in [0.15, 0.2) is 0 Å². The Morgan fingerprint density at radius 2 is 2.39 bits per heavy atom. The van der Waals surface area contributed by atoms with Gasteiger partial charge in [0.2, 0.25) is 0 Å². The smallest absolute Gasteiger partial charge is 0.271 e. The van der Waals surface area contributed by atoms with Gasteiger partial charge in [0.05, 0.1) is 30.0 Å². The number of nitrogens with one attached hydrogen (secondary N) is 1. The normalized spacial score (nSPS) is 10.1. The Labute approximate surface area is 107 Å². The van der Waals surface area contributed by atoms with Gasteiger partial charge in [0.1, 0.15) is 5.75 Å². The molecule has 7 nitrogen and oxygen atoms in total. The van der Waals surface area contributed by atoms with Crippen molar-refractivity contribution >= 4 is 22.9 Å². The molecule has 18 heavy (non-hydrogen) atoms. The average molecular weight is 266 g/mol. The fourth-order valence-corrected chi connectivity index (χ4v) is 1.85. The van der Waals surface area contributed by atoms with E-state index >= 15 is 0 Å². The summed E-state index contributed by atoms with van der Waals surface area (Å²) >= 11 is 1.25. The summed E-state index contributed by atoms with van der Waals surface area (Å²) in [4.78, 5) is 10.3. The van der Waals surface area contributed by atoms with Crippen LogP contribution in [0.1, 0.15) is 5.69 Å². The first-order valence-electron chi connectivity index (χ1n) is 5.03. The molecule has 0 bridgehead atoms. The zero-order valence-corrected chi connectivity index (χ0v) is 10.3. The van der Waals surface area contributed by atoms with E-state index in [1.807, 2.05) is 0 Å². The molecule has 0 aliphatic rings. The number of nitro groups is 1. The van der Waals surface area contributed by atoms with E-state index in [9.17, 15) is 10.1 Å². The van der Waals surface area contributed by atoms with Gasteiger partial charge in [-0.25, -0.2) is 0 Å². The number of nitro benzene ring substituents is 1. The molecule has 94 valence electrons. The molecule has 2 rings (SSSR count). The van der Waals surface area contributed by atoms with Crippen LogP contribution in [0.2, 0.25) is 0 Å². The molecule has 0 saturated heterocycles. The molecule has 0 radical (unpaired) electrons. The highest BCUT2D eigenvalue weighted by atomic mass is 32.1. The van der Waals surface area contributed by atoms with Crippen LogP contribution in [0, 0.1) is 10.1 Å². The third kappa shape index (κ3) is 2.72. The molecule has 0 aliphatic carbocycles. The number of benzene rings is 1. The Hall–Kier alpha value is -2.22. The first-order valence-corrected chi connectivity index (χ1v) is 5.86. The molecule has 0 aliphatic heterocycles. The third-order valence-corrected chi connectivity index (χ3v) is 2.81. The van der Waals surface area contributed by atoms with Gasteiger partial charge >= 0.3 is 0 Å². The van der Waals surface area contributed by atoms with Crippen LogP contribution in [0.25, 0.3) is 0 Å². The molecule has 0 unspecified atom stereocenters. The zero-order chi connectivity index (χ0) is 13.0. The SMILES string of the molecule is COc1ccc([N+](=O)[O-])cc1NCc1csnn1. The standard InChI is InChI=1S/C10H10N4O3S/c1-17-10-3-2-8(14(15)16)4-9(10)11-5-7-6-18-13-12-7/h2-4,6,11H,5H2,1H3. The molecule has 1 heterocycles. The molecule has 0 amide bonds. The van der Waals surface area contributed by atoms with Gasteiger partial charge in [-0.1, -0.05) is 4.49 Å². The van der Waals surface area contributed by atoms with E-state index < -0.39 is 4.92 Å². The highest BCUT2D eigenvalue weighted by molar-refractivity contribution is 7.03. The van der Waals surface area contributed by atoms with Crippen molar-refractivity contribution in [2.45, 2.75) is 6.54 Å². The Bertz CT molecular complexity index is 544. The topological polar surface area (TPSA) is 90.2 Å². The molecular weight excluding hydrogens is 256 g/mol. The van der Waals surface area contributed by atoms with Crippen molar-refractivity contribution in [3.63, 3.8) is 0 Å². The minimum atomic E-state index is -0.449. The second-order valence-corrected chi connectivity index (χ2v) is 4.00. The molecule has 0 atom stereocenters. The fourth-order valence-electron chi connectivity index (χ4n) is 1.39. The first-order chi connectivity index (χ1) is 8.70. The van der Waals surface area contributed by atoms with Crippen molar-refractivity contribution in [1.29, 1.82) is 0 Å². The van der Waals surface area contributed by atoms with Gasteiger partial charge in [0, 0.05) is 17.5 Å². The molecule has 2 aromatic rings. The molecule has 0 fully saturated rings. The Kier molecular flexibility index (Phi) is 3.68. The van der Waals surface area contributed by atoms with E-state index in [1.165, 1.54) is 30.8 Å². The molecule has 0 saturated carbocycles. The number of hydrogen-bond donors (Lipinski definition) is 1.